The van der Waals surface area contributed by atoms with E-state index in [1.165, 1.54) is 38.5 Å². The molecule has 2 fully saturated rings. The van der Waals surface area contributed by atoms with Crippen molar-refractivity contribution in [2.75, 3.05) is 6.61 Å². The zero-order valence-electron chi connectivity index (χ0n) is 17.8. The van der Waals surface area contributed by atoms with Crippen molar-refractivity contribution in [3.63, 3.8) is 0 Å². The molecule has 1 N–H and O–H groups in total. The molecule has 27 heavy (non-hydrogen) atoms. The minimum atomic E-state index is -0.847. The van der Waals surface area contributed by atoms with Crippen LogP contribution in [0.1, 0.15) is 91.9 Å². The number of aliphatic carboxylic acids is 1. The van der Waals surface area contributed by atoms with Gasteiger partial charge in [-0.25, -0.2) is 0 Å². The third kappa shape index (κ3) is 6.50. The summed E-state index contributed by atoms with van der Waals surface area (Å²) in [6.45, 7) is 9.48. The standard InChI is InChI=1S/C23H40O4/c1-5-6-7-8-17-14-23(3,4)12-11-18(17)15-27-22(26)19-10-9-16(2)13-20(19)21(24)25/h16-20H,5-15H2,1-4H3,(H,24,25). The number of hydrogen-bond acceptors (Lipinski definition) is 3. The fraction of sp³-hybridized carbons (Fsp3) is 0.913. The Bertz CT molecular complexity index is 499. The predicted octanol–water partition coefficient (Wildman–Crippen LogP) is 5.69. The lowest BCUT2D eigenvalue weighted by atomic mass is 9.66. The van der Waals surface area contributed by atoms with Gasteiger partial charge in [0.15, 0.2) is 0 Å². The van der Waals surface area contributed by atoms with Crippen molar-refractivity contribution < 1.29 is 19.4 Å². The molecule has 5 unspecified atom stereocenters. The minimum absolute atomic E-state index is 0.272. The van der Waals surface area contributed by atoms with Crippen molar-refractivity contribution in [2.24, 2.45) is 35.0 Å². The van der Waals surface area contributed by atoms with Gasteiger partial charge in [0.05, 0.1) is 18.4 Å². The molecule has 0 amide bonds. The smallest absolute Gasteiger partial charge is 0.309 e. The van der Waals surface area contributed by atoms with E-state index < -0.39 is 17.8 Å². The van der Waals surface area contributed by atoms with Crippen molar-refractivity contribution in [1.29, 1.82) is 0 Å². The SMILES string of the molecule is CCCCCC1CC(C)(C)CCC1COC(=O)C1CCC(C)CC1C(=O)O. The highest BCUT2D eigenvalue weighted by atomic mass is 16.5. The average Bonchev–Trinajstić information content (AvgIpc) is 2.60. The first-order chi connectivity index (χ1) is 12.7. The van der Waals surface area contributed by atoms with Gasteiger partial charge >= 0.3 is 11.9 Å². The molecule has 0 aromatic heterocycles. The molecule has 0 aliphatic heterocycles. The lowest BCUT2D eigenvalue weighted by Gasteiger charge is -2.41. The number of rotatable bonds is 8. The Kier molecular flexibility index (Phi) is 8.18. The first-order valence-electron chi connectivity index (χ1n) is 11.1. The van der Waals surface area contributed by atoms with Crippen LogP contribution in [0.4, 0.5) is 0 Å². The first kappa shape index (κ1) is 22.2. The zero-order chi connectivity index (χ0) is 20.0. The number of esters is 1. The quantitative estimate of drug-likeness (QED) is 0.434. The van der Waals surface area contributed by atoms with Crippen molar-refractivity contribution in [3.8, 4) is 0 Å². The van der Waals surface area contributed by atoms with Crippen LogP contribution in [-0.2, 0) is 14.3 Å². The largest absolute Gasteiger partial charge is 0.481 e. The lowest BCUT2D eigenvalue weighted by molar-refractivity contribution is -0.162. The lowest BCUT2D eigenvalue weighted by Crippen LogP contribution is -2.38. The van der Waals surface area contributed by atoms with E-state index in [0.29, 0.717) is 42.6 Å². The Morgan fingerprint density at radius 1 is 1.07 bits per heavy atom. The van der Waals surface area contributed by atoms with Gasteiger partial charge in [-0.3, -0.25) is 9.59 Å². The summed E-state index contributed by atoms with van der Waals surface area (Å²) < 4.78 is 5.74. The number of ether oxygens (including phenoxy) is 1. The molecule has 2 saturated carbocycles. The number of carbonyl (C=O) groups excluding carboxylic acids is 1. The van der Waals surface area contributed by atoms with Gasteiger partial charge in [0, 0.05) is 0 Å². The van der Waals surface area contributed by atoms with E-state index >= 15 is 0 Å². The van der Waals surface area contributed by atoms with Gasteiger partial charge in [-0.05, 0) is 61.7 Å². The van der Waals surface area contributed by atoms with Gasteiger partial charge in [0.2, 0.25) is 0 Å². The summed E-state index contributed by atoms with van der Waals surface area (Å²) in [4.78, 5) is 24.3. The van der Waals surface area contributed by atoms with Gasteiger partial charge in [0.1, 0.15) is 0 Å². The third-order valence-electron chi connectivity index (χ3n) is 7.02. The van der Waals surface area contributed by atoms with E-state index in [4.69, 9.17) is 4.74 Å². The second kappa shape index (κ2) is 9.93. The van der Waals surface area contributed by atoms with Crippen molar-refractivity contribution in [1.82, 2.24) is 0 Å². The Balaban J connectivity index is 1.92. The molecule has 0 radical (unpaired) electrons. The van der Waals surface area contributed by atoms with E-state index in [-0.39, 0.29) is 5.97 Å². The molecule has 156 valence electrons. The van der Waals surface area contributed by atoms with Crippen LogP contribution in [0, 0.1) is 35.0 Å². The van der Waals surface area contributed by atoms with E-state index in [1.54, 1.807) is 0 Å². The van der Waals surface area contributed by atoms with Crippen LogP contribution in [0.15, 0.2) is 0 Å². The van der Waals surface area contributed by atoms with Crippen molar-refractivity contribution in [2.45, 2.75) is 91.9 Å². The molecule has 4 heteroatoms. The molecule has 4 nitrogen and oxygen atoms in total. The Labute approximate surface area is 165 Å². The van der Waals surface area contributed by atoms with Gasteiger partial charge in [0.25, 0.3) is 0 Å². The molecule has 0 aromatic carbocycles. The Hall–Kier alpha value is -1.06. The van der Waals surface area contributed by atoms with E-state index in [2.05, 4.69) is 27.7 Å². The van der Waals surface area contributed by atoms with Crippen LogP contribution >= 0.6 is 0 Å². The van der Waals surface area contributed by atoms with Crippen molar-refractivity contribution in [3.05, 3.63) is 0 Å². The monoisotopic (exact) mass is 380 g/mol. The van der Waals surface area contributed by atoms with Crippen molar-refractivity contribution >= 4 is 11.9 Å². The van der Waals surface area contributed by atoms with Gasteiger partial charge in [-0.2, -0.15) is 0 Å². The number of unbranched alkanes of at least 4 members (excludes halogenated alkanes) is 2. The second-order valence-corrected chi connectivity index (χ2v) is 10.0. The van der Waals surface area contributed by atoms with Crippen LogP contribution in [-0.4, -0.2) is 23.7 Å². The fourth-order valence-corrected chi connectivity index (χ4v) is 5.24. The number of carbonyl (C=O) groups is 2. The molecule has 0 bridgehead atoms. The third-order valence-corrected chi connectivity index (χ3v) is 7.02. The van der Waals surface area contributed by atoms with Crippen LogP contribution in [0.3, 0.4) is 0 Å². The molecule has 0 saturated heterocycles. The molecule has 2 rings (SSSR count). The summed E-state index contributed by atoms with van der Waals surface area (Å²) in [6.07, 6.45) is 10.6. The number of carboxylic acid groups (broad SMARTS) is 1. The molecular weight excluding hydrogens is 340 g/mol. The van der Waals surface area contributed by atoms with Gasteiger partial charge < -0.3 is 9.84 Å². The zero-order valence-corrected chi connectivity index (χ0v) is 17.8. The Morgan fingerprint density at radius 3 is 2.48 bits per heavy atom. The summed E-state index contributed by atoms with van der Waals surface area (Å²) in [6, 6.07) is 0. The normalized spacial score (nSPS) is 33.4. The molecular formula is C23H40O4. The molecule has 0 heterocycles. The molecule has 5 atom stereocenters. The highest BCUT2D eigenvalue weighted by molar-refractivity contribution is 5.81. The van der Waals surface area contributed by atoms with E-state index in [0.717, 1.165) is 12.8 Å². The first-order valence-corrected chi connectivity index (χ1v) is 11.1. The fourth-order valence-electron chi connectivity index (χ4n) is 5.24. The maximum atomic E-state index is 12.7. The van der Waals surface area contributed by atoms with Crippen LogP contribution < -0.4 is 0 Å². The highest BCUT2D eigenvalue weighted by Crippen LogP contribution is 2.44. The summed E-state index contributed by atoms with van der Waals surface area (Å²) >= 11 is 0. The maximum Gasteiger partial charge on any atom is 0.309 e. The van der Waals surface area contributed by atoms with Gasteiger partial charge in [-0.1, -0.05) is 53.4 Å². The average molecular weight is 381 g/mol. The molecule has 2 aliphatic carbocycles. The summed E-state index contributed by atoms with van der Waals surface area (Å²) in [5.41, 5.74) is 0.380. The minimum Gasteiger partial charge on any atom is -0.481 e. The predicted molar refractivity (Wildman–Crippen MR) is 107 cm³/mol. The second-order valence-electron chi connectivity index (χ2n) is 10.0. The number of hydrogen-bond donors (Lipinski definition) is 1. The number of carboxylic acids is 1. The van der Waals surface area contributed by atoms with Crippen LogP contribution in [0.25, 0.3) is 0 Å². The topological polar surface area (TPSA) is 63.6 Å². The van der Waals surface area contributed by atoms with Crippen LogP contribution in [0.2, 0.25) is 0 Å². The molecule has 0 aromatic rings. The van der Waals surface area contributed by atoms with Crippen LogP contribution in [0.5, 0.6) is 0 Å². The van der Waals surface area contributed by atoms with Gasteiger partial charge in [-0.15, -0.1) is 0 Å². The summed E-state index contributed by atoms with van der Waals surface area (Å²) in [5.74, 6) is -0.728. The van der Waals surface area contributed by atoms with E-state index in [1.807, 2.05) is 0 Å². The van der Waals surface area contributed by atoms with E-state index in [9.17, 15) is 14.7 Å². The summed E-state index contributed by atoms with van der Waals surface area (Å²) in [7, 11) is 0. The maximum absolute atomic E-state index is 12.7. The molecule has 2 aliphatic rings. The molecule has 0 spiro atoms. The Morgan fingerprint density at radius 2 is 1.81 bits per heavy atom. The summed E-state index contributed by atoms with van der Waals surface area (Å²) in [5, 5.41) is 9.50. The highest BCUT2D eigenvalue weighted by Gasteiger charge is 2.40.